The number of carboxylic acid groups (broad SMARTS) is 1. The average Bonchev–Trinajstić information content (AvgIpc) is 3.20. The number of carbonyl (C=O) groups excluding carboxylic acids is 1. The van der Waals surface area contributed by atoms with E-state index in [4.69, 9.17) is 0 Å². The zero-order valence-corrected chi connectivity index (χ0v) is 12.3. The van der Waals surface area contributed by atoms with Gasteiger partial charge < -0.3 is 10.0 Å². The molecule has 1 aromatic carbocycles. The molecule has 3 rings (SSSR count). The van der Waals surface area contributed by atoms with Gasteiger partial charge >= 0.3 is 5.97 Å². The Morgan fingerprint density at radius 2 is 1.86 bits per heavy atom. The number of hydrogen-bond donors (Lipinski definition) is 1. The van der Waals surface area contributed by atoms with Gasteiger partial charge in [-0.2, -0.15) is 0 Å². The van der Waals surface area contributed by atoms with E-state index in [1.165, 1.54) is 0 Å². The van der Waals surface area contributed by atoms with Crippen LogP contribution >= 0.6 is 0 Å². The van der Waals surface area contributed by atoms with Crippen LogP contribution in [0.1, 0.15) is 44.6 Å². The van der Waals surface area contributed by atoms with E-state index in [2.05, 4.69) is 0 Å². The zero-order chi connectivity index (χ0) is 15.1. The van der Waals surface area contributed by atoms with Gasteiger partial charge in [0.1, 0.15) is 5.54 Å². The fourth-order valence-electron chi connectivity index (χ4n) is 3.68. The molecule has 1 aliphatic heterocycles. The molecule has 2 fully saturated rings. The molecule has 4 heteroatoms. The Hall–Kier alpha value is -1.84. The first kappa shape index (κ1) is 14.1. The number of likely N-dealkylation sites (tertiary alicyclic amines) is 1. The molecule has 1 saturated carbocycles. The maximum Gasteiger partial charge on any atom is 0.329 e. The first-order valence-corrected chi connectivity index (χ1v) is 7.68. The number of carboxylic acids is 1. The molecule has 0 radical (unpaired) electrons. The van der Waals surface area contributed by atoms with Crippen molar-refractivity contribution in [3.63, 3.8) is 0 Å². The van der Waals surface area contributed by atoms with Crippen LogP contribution in [0, 0.1) is 0 Å². The Labute approximate surface area is 124 Å². The van der Waals surface area contributed by atoms with Gasteiger partial charge in [-0.15, -0.1) is 0 Å². The number of carbonyl (C=O) groups is 2. The molecule has 21 heavy (non-hydrogen) atoms. The normalized spacial score (nSPS) is 26.6. The van der Waals surface area contributed by atoms with Crippen molar-refractivity contribution in [3.05, 3.63) is 35.9 Å². The molecular weight excluding hydrogens is 266 g/mol. The molecule has 1 saturated heterocycles. The zero-order valence-electron chi connectivity index (χ0n) is 12.3. The quantitative estimate of drug-likeness (QED) is 0.926. The third-order valence-corrected chi connectivity index (χ3v) is 5.20. The molecule has 1 amide bonds. The fraction of sp³-hybridized carbons (Fsp3) is 0.529. The molecule has 0 spiro atoms. The minimum absolute atomic E-state index is 0.00968. The van der Waals surface area contributed by atoms with Crippen LogP contribution in [0.2, 0.25) is 0 Å². The molecule has 1 aliphatic carbocycles. The minimum Gasteiger partial charge on any atom is -0.479 e. The predicted molar refractivity (Wildman–Crippen MR) is 79.0 cm³/mol. The van der Waals surface area contributed by atoms with Crippen LogP contribution in [0.15, 0.2) is 30.3 Å². The molecule has 1 aromatic rings. The van der Waals surface area contributed by atoms with Gasteiger partial charge in [0.25, 0.3) is 0 Å². The van der Waals surface area contributed by atoms with Gasteiger partial charge in [0.15, 0.2) is 0 Å². The van der Waals surface area contributed by atoms with E-state index >= 15 is 0 Å². The third-order valence-electron chi connectivity index (χ3n) is 5.20. The van der Waals surface area contributed by atoms with Crippen LogP contribution in [0.3, 0.4) is 0 Å². The van der Waals surface area contributed by atoms with Gasteiger partial charge in [-0.05, 0) is 37.7 Å². The van der Waals surface area contributed by atoms with Crippen molar-refractivity contribution >= 4 is 11.9 Å². The molecule has 1 heterocycles. The summed E-state index contributed by atoms with van der Waals surface area (Å²) in [4.78, 5) is 26.5. The fourth-order valence-corrected chi connectivity index (χ4v) is 3.68. The van der Waals surface area contributed by atoms with Crippen molar-refractivity contribution in [2.75, 3.05) is 6.54 Å². The van der Waals surface area contributed by atoms with Crippen molar-refractivity contribution < 1.29 is 14.7 Å². The second kappa shape index (κ2) is 4.86. The lowest BCUT2D eigenvalue weighted by Gasteiger charge is -2.36. The lowest BCUT2D eigenvalue weighted by atomic mass is 9.89. The van der Waals surface area contributed by atoms with Crippen molar-refractivity contribution in [3.8, 4) is 0 Å². The second-order valence-corrected chi connectivity index (χ2v) is 6.20. The SMILES string of the molecule is CCC1(C(=O)O)CCCN1C(=O)C1(c2ccccc2)CC1. The molecule has 0 aromatic heterocycles. The Bertz CT molecular complexity index is 565. The van der Waals surface area contributed by atoms with Gasteiger partial charge in [-0.25, -0.2) is 4.79 Å². The summed E-state index contributed by atoms with van der Waals surface area (Å²) in [6, 6.07) is 9.78. The lowest BCUT2D eigenvalue weighted by Crippen LogP contribution is -2.55. The van der Waals surface area contributed by atoms with Gasteiger partial charge in [-0.3, -0.25) is 4.79 Å². The Kier molecular flexibility index (Phi) is 3.27. The second-order valence-electron chi connectivity index (χ2n) is 6.20. The van der Waals surface area contributed by atoms with Crippen molar-refractivity contribution in [2.45, 2.75) is 50.0 Å². The lowest BCUT2D eigenvalue weighted by molar-refractivity contribution is -0.157. The Balaban J connectivity index is 1.94. The maximum absolute atomic E-state index is 13.1. The molecular formula is C17H21NO3. The summed E-state index contributed by atoms with van der Waals surface area (Å²) >= 11 is 0. The van der Waals surface area contributed by atoms with Crippen LogP contribution in [-0.2, 0) is 15.0 Å². The molecule has 0 bridgehead atoms. The minimum atomic E-state index is -0.999. The topological polar surface area (TPSA) is 57.6 Å². The molecule has 4 nitrogen and oxygen atoms in total. The smallest absolute Gasteiger partial charge is 0.329 e. The number of amides is 1. The summed E-state index contributed by atoms with van der Waals surface area (Å²) in [7, 11) is 0. The van der Waals surface area contributed by atoms with Crippen molar-refractivity contribution in [1.29, 1.82) is 0 Å². The standard InChI is InChI=1S/C17H21NO3/c1-2-17(15(20)21)9-6-12-18(17)14(19)16(10-11-16)13-7-4-3-5-8-13/h3-5,7-8H,2,6,9-12H2,1H3,(H,20,21). The number of benzene rings is 1. The van der Waals surface area contributed by atoms with Crippen LogP contribution in [0.4, 0.5) is 0 Å². The highest BCUT2D eigenvalue weighted by Crippen LogP contribution is 2.51. The van der Waals surface area contributed by atoms with E-state index < -0.39 is 16.9 Å². The van der Waals surface area contributed by atoms with E-state index in [9.17, 15) is 14.7 Å². The van der Waals surface area contributed by atoms with E-state index in [1.807, 2.05) is 37.3 Å². The van der Waals surface area contributed by atoms with E-state index in [1.54, 1.807) is 4.90 Å². The summed E-state index contributed by atoms with van der Waals surface area (Å²) in [5.74, 6) is -0.852. The average molecular weight is 287 g/mol. The molecule has 2 aliphatic rings. The van der Waals surface area contributed by atoms with Gasteiger partial charge in [-0.1, -0.05) is 37.3 Å². The summed E-state index contributed by atoms with van der Waals surface area (Å²) in [6.07, 6.45) is 3.46. The molecule has 1 atom stereocenters. The van der Waals surface area contributed by atoms with E-state index in [0.29, 0.717) is 19.4 Å². The summed E-state index contributed by atoms with van der Waals surface area (Å²) in [6.45, 7) is 2.43. The number of hydrogen-bond acceptors (Lipinski definition) is 2. The van der Waals surface area contributed by atoms with Crippen molar-refractivity contribution in [1.82, 2.24) is 4.90 Å². The number of aliphatic carboxylic acids is 1. The first-order chi connectivity index (χ1) is 10.1. The largest absolute Gasteiger partial charge is 0.479 e. The highest BCUT2D eigenvalue weighted by atomic mass is 16.4. The Morgan fingerprint density at radius 1 is 1.19 bits per heavy atom. The third kappa shape index (κ3) is 1.96. The van der Waals surface area contributed by atoms with Crippen LogP contribution in [0.5, 0.6) is 0 Å². The summed E-state index contributed by atoms with van der Waals surface area (Å²) < 4.78 is 0. The molecule has 1 unspecified atom stereocenters. The van der Waals surface area contributed by atoms with Gasteiger partial charge in [0.2, 0.25) is 5.91 Å². The van der Waals surface area contributed by atoms with Gasteiger partial charge in [0.05, 0.1) is 5.41 Å². The highest BCUT2D eigenvalue weighted by molar-refractivity contribution is 5.96. The Morgan fingerprint density at radius 3 is 2.38 bits per heavy atom. The van der Waals surface area contributed by atoms with Crippen LogP contribution < -0.4 is 0 Å². The molecule has 112 valence electrons. The first-order valence-electron chi connectivity index (χ1n) is 7.68. The van der Waals surface area contributed by atoms with Crippen LogP contribution in [-0.4, -0.2) is 34.0 Å². The predicted octanol–water partition coefficient (Wildman–Crippen LogP) is 2.57. The van der Waals surface area contributed by atoms with E-state index in [0.717, 1.165) is 24.8 Å². The molecule has 1 N–H and O–H groups in total. The van der Waals surface area contributed by atoms with Crippen LogP contribution in [0.25, 0.3) is 0 Å². The monoisotopic (exact) mass is 287 g/mol. The van der Waals surface area contributed by atoms with Gasteiger partial charge in [0, 0.05) is 6.54 Å². The highest BCUT2D eigenvalue weighted by Gasteiger charge is 2.58. The number of nitrogens with zero attached hydrogens (tertiary/aromatic N) is 1. The van der Waals surface area contributed by atoms with Crippen molar-refractivity contribution in [2.24, 2.45) is 0 Å². The van der Waals surface area contributed by atoms with E-state index in [-0.39, 0.29) is 5.91 Å². The number of rotatable bonds is 4. The summed E-state index contributed by atoms with van der Waals surface area (Å²) in [5.41, 5.74) is -0.444. The summed E-state index contributed by atoms with van der Waals surface area (Å²) in [5, 5.41) is 9.65. The maximum atomic E-state index is 13.1.